The van der Waals surface area contributed by atoms with E-state index in [4.69, 9.17) is 10.3 Å². The molecule has 2 aromatic rings. The van der Waals surface area contributed by atoms with Gasteiger partial charge in [0.15, 0.2) is 5.82 Å². The van der Waals surface area contributed by atoms with E-state index in [9.17, 15) is 0 Å². The van der Waals surface area contributed by atoms with Crippen LogP contribution in [0.2, 0.25) is 0 Å². The molecule has 20 heavy (non-hydrogen) atoms. The minimum Gasteiger partial charge on any atom is -0.338 e. The van der Waals surface area contributed by atoms with Crippen LogP contribution in [0, 0.1) is 6.92 Å². The lowest BCUT2D eigenvalue weighted by molar-refractivity contribution is 0.263. The van der Waals surface area contributed by atoms with Gasteiger partial charge < -0.3 is 10.3 Å². The standard InChI is InChI=1S/C14H18N4O.ClH/c1-10-16-14(19-17-10)9-18-7-12(13(15)8-18)11-5-3-2-4-6-11;/h2-6,12-13H,7-9,15H2,1H3;1H/t12-,13+;/m0./s1. The molecule has 1 aromatic heterocycles. The van der Waals surface area contributed by atoms with Crippen LogP contribution in [0.1, 0.15) is 23.2 Å². The summed E-state index contributed by atoms with van der Waals surface area (Å²) in [6.07, 6.45) is 0. The first-order chi connectivity index (χ1) is 9.22. The monoisotopic (exact) mass is 294 g/mol. The number of benzene rings is 1. The van der Waals surface area contributed by atoms with E-state index in [2.05, 4.69) is 39.3 Å². The predicted molar refractivity (Wildman–Crippen MR) is 78.7 cm³/mol. The Morgan fingerprint density at radius 1 is 1.30 bits per heavy atom. The molecule has 1 aliphatic heterocycles. The van der Waals surface area contributed by atoms with Crippen LogP contribution in [-0.4, -0.2) is 34.2 Å². The lowest BCUT2D eigenvalue weighted by Gasteiger charge is -2.14. The molecule has 3 rings (SSSR count). The second-order valence-corrected chi connectivity index (χ2v) is 5.11. The van der Waals surface area contributed by atoms with E-state index in [1.54, 1.807) is 0 Å². The maximum Gasteiger partial charge on any atom is 0.240 e. The summed E-state index contributed by atoms with van der Waals surface area (Å²) in [5.41, 5.74) is 7.56. The average molecular weight is 295 g/mol. The van der Waals surface area contributed by atoms with Gasteiger partial charge in [-0.05, 0) is 12.5 Å². The van der Waals surface area contributed by atoms with Gasteiger partial charge in [0, 0.05) is 25.0 Å². The van der Waals surface area contributed by atoms with Gasteiger partial charge >= 0.3 is 0 Å². The third kappa shape index (κ3) is 3.17. The number of hydrogen-bond acceptors (Lipinski definition) is 5. The third-order valence-corrected chi connectivity index (χ3v) is 3.60. The number of rotatable bonds is 3. The van der Waals surface area contributed by atoms with Crippen molar-refractivity contribution in [3.8, 4) is 0 Å². The van der Waals surface area contributed by atoms with Crippen LogP contribution < -0.4 is 5.73 Å². The van der Waals surface area contributed by atoms with Gasteiger partial charge in [0.1, 0.15) is 0 Å². The number of aryl methyl sites for hydroxylation is 1. The highest BCUT2D eigenvalue weighted by Gasteiger charge is 2.31. The summed E-state index contributed by atoms with van der Waals surface area (Å²) in [6, 6.07) is 10.6. The molecule has 1 aliphatic rings. The molecule has 2 N–H and O–H groups in total. The van der Waals surface area contributed by atoms with Crippen LogP contribution in [0.15, 0.2) is 34.9 Å². The maximum absolute atomic E-state index is 6.25. The summed E-state index contributed by atoms with van der Waals surface area (Å²) in [4.78, 5) is 6.51. The zero-order valence-corrected chi connectivity index (χ0v) is 12.2. The summed E-state index contributed by atoms with van der Waals surface area (Å²) in [5, 5.41) is 3.81. The van der Waals surface area contributed by atoms with Gasteiger partial charge in [-0.25, -0.2) is 0 Å². The fourth-order valence-corrected chi connectivity index (χ4v) is 2.69. The fourth-order valence-electron chi connectivity index (χ4n) is 2.69. The normalized spacial score (nSPS) is 22.7. The summed E-state index contributed by atoms with van der Waals surface area (Å²) < 4.78 is 5.16. The first-order valence-corrected chi connectivity index (χ1v) is 6.54. The Labute approximate surface area is 124 Å². The molecule has 0 saturated carbocycles. The Kier molecular flexibility index (Phi) is 4.75. The lowest BCUT2D eigenvalue weighted by atomic mass is 9.95. The topological polar surface area (TPSA) is 68.2 Å². The van der Waals surface area contributed by atoms with Gasteiger partial charge in [-0.15, -0.1) is 12.4 Å². The first-order valence-electron chi connectivity index (χ1n) is 6.54. The van der Waals surface area contributed by atoms with Gasteiger partial charge in [0.2, 0.25) is 5.89 Å². The zero-order valence-electron chi connectivity index (χ0n) is 11.4. The Hall–Kier alpha value is -1.43. The molecule has 1 saturated heterocycles. The molecule has 0 radical (unpaired) electrons. The smallest absolute Gasteiger partial charge is 0.240 e. The minimum atomic E-state index is 0. The molecule has 1 fully saturated rings. The largest absolute Gasteiger partial charge is 0.338 e. The Morgan fingerprint density at radius 3 is 2.70 bits per heavy atom. The van der Waals surface area contributed by atoms with Gasteiger partial charge in [-0.1, -0.05) is 35.5 Å². The Bertz CT molecular complexity index is 545. The minimum absolute atomic E-state index is 0. The molecular formula is C14H19ClN4O. The summed E-state index contributed by atoms with van der Waals surface area (Å²) in [5.74, 6) is 1.72. The van der Waals surface area contributed by atoms with E-state index in [1.165, 1.54) is 5.56 Å². The number of hydrogen-bond donors (Lipinski definition) is 1. The molecule has 108 valence electrons. The molecule has 0 aliphatic carbocycles. The Balaban J connectivity index is 0.00000147. The number of likely N-dealkylation sites (tertiary alicyclic amines) is 1. The SMILES string of the molecule is Cc1noc(CN2C[C@@H](N)[C@H](c3ccccc3)C2)n1.Cl. The number of halogens is 1. The van der Waals surface area contributed by atoms with E-state index in [0.717, 1.165) is 13.1 Å². The number of nitrogens with zero attached hydrogens (tertiary/aromatic N) is 3. The summed E-state index contributed by atoms with van der Waals surface area (Å²) in [7, 11) is 0. The van der Waals surface area contributed by atoms with Crippen LogP contribution in [0.4, 0.5) is 0 Å². The van der Waals surface area contributed by atoms with Crippen molar-refractivity contribution >= 4 is 12.4 Å². The van der Waals surface area contributed by atoms with Crippen molar-refractivity contribution in [1.82, 2.24) is 15.0 Å². The maximum atomic E-state index is 6.25. The van der Waals surface area contributed by atoms with Crippen molar-refractivity contribution in [2.75, 3.05) is 13.1 Å². The van der Waals surface area contributed by atoms with Crippen LogP contribution in [-0.2, 0) is 6.54 Å². The lowest BCUT2D eigenvalue weighted by Crippen LogP contribution is -2.28. The third-order valence-electron chi connectivity index (χ3n) is 3.60. The fraction of sp³-hybridized carbons (Fsp3) is 0.429. The van der Waals surface area contributed by atoms with Crippen molar-refractivity contribution in [2.24, 2.45) is 5.73 Å². The van der Waals surface area contributed by atoms with Gasteiger partial charge in [-0.2, -0.15) is 4.98 Å². The average Bonchev–Trinajstić information content (AvgIpc) is 2.97. The molecular weight excluding hydrogens is 276 g/mol. The molecule has 6 heteroatoms. The highest BCUT2D eigenvalue weighted by molar-refractivity contribution is 5.85. The molecule has 0 spiro atoms. The molecule has 0 amide bonds. The van der Waals surface area contributed by atoms with Crippen molar-refractivity contribution in [3.05, 3.63) is 47.6 Å². The van der Waals surface area contributed by atoms with E-state index < -0.39 is 0 Å². The number of aromatic nitrogens is 2. The molecule has 5 nitrogen and oxygen atoms in total. The van der Waals surface area contributed by atoms with Crippen molar-refractivity contribution in [1.29, 1.82) is 0 Å². The highest BCUT2D eigenvalue weighted by Crippen LogP contribution is 2.27. The van der Waals surface area contributed by atoms with Crippen LogP contribution >= 0.6 is 12.4 Å². The molecule has 0 unspecified atom stereocenters. The Morgan fingerprint density at radius 2 is 2.05 bits per heavy atom. The molecule has 2 heterocycles. The van der Waals surface area contributed by atoms with E-state index in [-0.39, 0.29) is 18.4 Å². The quantitative estimate of drug-likeness (QED) is 0.933. The second-order valence-electron chi connectivity index (χ2n) is 5.11. The first kappa shape index (κ1) is 15.0. The van der Waals surface area contributed by atoms with Gasteiger partial charge in [0.05, 0.1) is 6.54 Å². The molecule has 2 atom stereocenters. The summed E-state index contributed by atoms with van der Waals surface area (Å²) >= 11 is 0. The molecule has 0 bridgehead atoms. The van der Waals surface area contributed by atoms with E-state index >= 15 is 0 Å². The zero-order chi connectivity index (χ0) is 13.2. The van der Waals surface area contributed by atoms with Crippen molar-refractivity contribution in [3.63, 3.8) is 0 Å². The van der Waals surface area contributed by atoms with E-state index in [1.807, 2.05) is 13.0 Å². The highest BCUT2D eigenvalue weighted by atomic mass is 35.5. The van der Waals surface area contributed by atoms with Crippen LogP contribution in [0.25, 0.3) is 0 Å². The predicted octanol–water partition coefficient (Wildman–Crippen LogP) is 1.73. The number of nitrogens with two attached hydrogens (primary N) is 1. The summed E-state index contributed by atoms with van der Waals surface area (Å²) in [6.45, 7) is 4.31. The van der Waals surface area contributed by atoms with Crippen molar-refractivity contribution < 1.29 is 4.52 Å². The van der Waals surface area contributed by atoms with Gasteiger partial charge in [-0.3, -0.25) is 4.90 Å². The van der Waals surface area contributed by atoms with Crippen LogP contribution in [0.3, 0.4) is 0 Å². The van der Waals surface area contributed by atoms with Gasteiger partial charge in [0.25, 0.3) is 0 Å². The molecule has 1 aromatic carbocycles. The van der Waals surface area contributed by atoms with E-state index in [0.29, 0.717) is 24.2 Å². The van der Waals surface area contributed by atoms with Crippen LogP contribution in [0.5, 0.6) is 0 Å². The van der Waals surface area contributed by atoms with Crippen molar-refractivity contribution in [2.45, 2.75) is 25.4 Å². The second kappa shape index (κ2) is 6.35.